The van der Waals surface area contributed by atoms with Gasteiger partial charge in [0.1, 0.15) is 13.2 Å². The summed E-state index contributed by atoms with van der Waals surface area (Å²) in [6.45, 7) is 11.3. The van der Waals surface area contributed by atoms with E-state index in [4.69, 9.17) is 14.2 Å². The van der Waals surface area contributed by atoms with E-state index in [1.54, 1.807) is 0 Å². The smallest absolute Gasteiger partial charge is 0.306 e. The average Bonchev–Trinajstić information content (AvgIpc) is 3.19. The van der Waals surface area contributed by atoms with Crippen molar-refractivity contribution in [3.8, 4) is 0 Å². The lowest BCUT2D eigenvalue weighted by atomic mass is 10.0. The number of hydrogen-bond donors (Lipinski definition) is 0. The predicted octanol–water partition coefficient (Wildman–Crippen LogP) is 16.5. The molecule has 1 atom stereocenters. The molecule has 0 aliphatic heterocycles. The van der Waals surface area contributed by atoms with Crippen molar-refractivity contribution >= 4 is 17.9 Å². The first kappa shape index (κ1) is 56.4. The van der Waals surface area contributed by atoms with E-state index in [-0.39, 0.29) is 31.1 Å². The summed E-state index contributed by atoms with van der Waals surface area (Å²) >= 11 is 0. The van der Waals surface area contributed by atoms with Crippen LogP contribution in [0.1, 0.15) is 285 Å². The Labute approximate surface area is 361 Å². The summed E-state index contributed by atoms with van der Waals surface area (Å²) < 4.78 is 16.8. The molecule has 0 aliphatic carbocycles. The molecule has 58 heavy (non-hydrogen) atoms. The highest BCUT2D eigenvalue weighted by Crippen LogP contribution is 2.17. The van der Waals surface area contributed by atoms with Crippen molar-refractivity contribution in [1.29, 1.82) is 0 Å². The molecule has 0 N–H and O–H groups in total. The Morgan fingerprint density at radius 2 is 0.569 bits per heavy atom. The van der Waals surface area contributed by atoms with Gasteiger partial charge in [0.15, 0.2) is 6.10 Å². The van der Waals surface area contributed by atoms with E-state index in [1.165, 1.54) is 173 Å². The standard InChI is InChI=1S/C52H100O6/c1-6-7-8-9-10-11-12-13-14-15-16-17-18-19-24-27-34-39-44-52(55)58-49(46-57-51(54)43-38-33-29-28-31-36-41-48(4)5)45-56-50(53)42-37-32-26-23-21-20-22-25-30-35-40-47(2)3/h47-49H,6-46H2,1-5H3/t49-/m1/s1. The molecule has 0 heterocycles. The van der Waals surface area contributed by atoms with Crippen LogP contribution in [-0.2, 0) is 28.6 Å². The van der Waals surface area contributed by atoms with Crippen molar-refractivity contribution in [2.24, 2.45) is 11.8 Å². The van der Waals surface area contributed by atoms with Crippen LogP contribution >= 0.6 is 0 Å². The van der Waals surface area contributed by atoms with E-state index in [1.807, 2.05) is 0 Å². The van der Waals surface area contributed by atoms with Crippen LogP contribution in [0.25, 0.3) is 0 Å². The number of hydrogen-bond acceptors (Lipinski definition) is 6. The van der Waals surface area contributed by atoms with Gasteiger partial charge in [-0.1, -0.05) is 247 Å². The van der Waals surface area contributed by atoms with Gasteiger partial charge in [-0.05, 0) is 31.1 Å². The highest BCUT2D eigenvalue weighted by molar-refractivity contribution is 5.71. The van der Waals surface area contributed by atoms with Gasteiger partial charge in [0.05, 0.1) is 0 Å². The second kappa shape index (κ2) is 44.9. The molecule has 0 rings (SSSR count). The maximum absolute atomic E-state index is 12.8. The van der Waals surface area contributed by atoms with Gasteiger partial charge in [0.2, 0.25) is 0 Å². The molecule has 0 bridgehead atoms. The van der Waals surface area contributed by atoms with Crippen LogP contribution in [0.2, 0.25) is 0 Å². The largest absolute Gasteiger partial charge is 0.462 e. The second-order valence-electron chi connectivity index (χ2n) is 18.8. The monoisotopic (exact) mass is 821 g/mol. The molecule has 0 saturated heterocycles. The van der Waals surface area contributed by atoms with E-state index in [0.29, 0.717) is 19.3 Å². The zero-order valence-electron chi connectivity index (χ0n) is 39.7. The Morgan fingerprint density at radius 3 is 0.845 bits per heavy atom. The van der Waals surface area contributed by atoms with Crippen molar-refractivity contribution in [2.45, 2.75) is 291 Å². The van der Waals surface area contributed by atoms with Gasteiger partial charge < -0.3 is 14.2 Å². The Balaban J connectivity index is 4.25. The Morgan fingerprint density at radius 1 is 0.328 bits per heavy atom. The van der Waals surface area contributed by atoms with E-state index < -0.39 is 6.10 Å². The molecule has 0 saturated carbocycles. The van der Waals surface area contributed by atoms with Crippen LogP contribution in [0.15, 0.2) is 0 Å². The fourth-order valence-electron chi connectivity index (χ4n) is 7.81. The number of ether oxygens (including phenoxy) is 3. The molecule has 0 aliphatic rings. The Hall–Kier alpha value is -1.59. The van der Waals surface area contributed by atoms with Gasteiger partial charge >= 0.3 is 17.9 Å². The third-order valence-corrected chi connectivity index (χ3v) is 11.7. The third-order valence-electron chi connectivity index (χ3n) is 11.7. The van der Waals surface area contributed by atoms with Gasteiger partial charge in [-0.2, -0.15) is 0 Å². The number of rotatable bonds is 46. The van der Waals surface area contributed by atoms with Crippen molar-refractivity contribution in [3.63, 3.8) is 0 Å². The Kier molecular flexibility index (Phi) is 43.7. The minimum Gasteiger partial charge on any atom is -0.462 e. The molecule has 0 radical (unpaired) electrons. The van der Waals surface area contributed by atoms with E-state index in [9.17, 15) is 14.4 Å². The van der Waals surface area contributed by atoms with E-state index in [0.717, 1.165) is 69.6 Å². The van der Waals surface area contributed by atoms with Crippen LogP contribution in [0.3, 0.4) is 0 Å². The molecule has 0 aromatic rings. The molecule has 0 spiro atoms. The maximum atomic E-state index is 12.8. The minimum atomic E-state index is -0.762. The maximum Gasteiger partial charge on any atom is 0.306 e. The SMILES string of the molecule is CCCCCCCCCCCCCCCCCCCCC(=O)O[C@H](COC(=O)CCCCCCCCCCCCC(C)C)COC(=O)CCCCCCCCC(C)C. The molecule has 0 fully saturated rings. The Bertz CT molecular complexity index is 885. The lowest BCUT2D eigenvalue weighted by molar-refractivity contribution is -0.167. The molecule has 0 aromatic heterocycles. The van der Waals surface area contributed by atoms with Crippen molar-refractivity contribution in [3.05, 3.63) is 0 Å². The summed E-state index contributed by atoms with van der Waals surface area (Å²) in [6, 6.07) is 0. The average molecular weight is 821 g/mol. The molecule has 6 nitrogen and oxygen atoms in total. The van der Waals surface area contributed by atoms with Gasteiger partial charge in [0, 0.05) is 19.3 Å². The molecule has 0 aromatic carbocycles. The molecule has 0 unspecified atom stereocenters. The fraction of sp³-hybridized carbons (Fsp3) is 0.942. The van der Waals surface area contributed by atoms with Crippen LogP contribution in [-0.4, -0.2) is 37.2 Å². The summed E-state index contributed by atoms with van der Waals surface area (Å²) in [5.74, 6) is 0.727. The first-order valence-corrected chi connectivity index (χ1v) is 25.7. The van der Waals surface area contributed by atoms with Crippen molar-refractivity contribution < 1.29 is 28.6 Å². The van der Waals surface area contributed by atoms with E-state index >= 15 is 0 Å². The summed E-state index contributed by atoms with van der Waals surface area (Å²) in [5, 5.41) is 0. The third kappa shape index (κ3) is 45.5. The lowest BCUT2D eigenvalue weighted by Gasteiger charge is -2.18. The number of unbranched alkanes of at least 4 members (excludes halogenated alkanes) is 31. The van der Waals surface area contributed by atoms with Gasteiger partial charge in [-0.15, -0.1) is 0 Å². The first-order valence-electron chi connectivity index (χ1n) is 25.7. The topological polar surface area (TPSA) is 78.9 Å². The molecule has 0 amide bonds. The summed E-state index contributed by atoms with van der Waals surface area (Å²) in [4.78, 5) is 37.8. The van der Waals surface area contributed by atoms with Crippen LogP contribution in [0, 0.1) is 11.8 Å². The number of carbonyl (C=O) groups excluding carboxylic acids is 3. The normalized spacial score (nSPS) is 12.1. The van der Waals surface area contributed by atoms with Gasteiger partial charge in [-0.25, -0.2) is 0 Å². The zero-order chi connectivity index (χ0) is 42.6. The lowest BCUT2D eigenvalue weighted by Crippen LogP contribution is -2.30. The first-order chi connectivity index (χ1) is 28.2. The highest BCUT2D eigenvalue weighted by atomic mass is 16.6. The molecular formula is C52H100O6. The van der Waals surface area contributed by atoms with Crippen molar-refractivity contribution in [2.75, 3.05) is 13.2 Å². The number of esters is 3. The van der Waals surface area contributed by atoms with E-state index in [2.05, 4.69) is 34.6 Å². The van der Waals surface area contributed by atoms with Crippen LogP contribution < -0.4 is 0 Å². The van der Waals surface area contributed by atoms with Gasteiger partial charge in [-0.3, -0.25) is 14.4 Å². The van der Waals surface area contributed by atoms with Crippen molar-refractivity contribution in [1.82, 2.24) is 0 Å². The van der Waals surface area contributed by atoms with Crippen LogP contribution in [0.5, 0.6) is 0 Å². The quantitative estimate of drug-likeness (QED) is 0.0346. The zero-order valence-corrected chi connectivity index (χ0v) is 39.7. The highest BCUT2D eigenvalue weighted by Gasteiger charge is 2.19. The second-order valence-corrected chi connectivity index (χ2v) is 18.8. The van der Waals surface area contributed by atoms with Gasteiger partial charge in [0.25, 0.3) is 0 Å². The molecular weight excluding hydrogens is 721 g/mol. The van der Waals surface area contributed by atoms with Crippen LogP contribution in [0.4, 0.5) is 0 Å². The number of carbonyl (C=O) groups is 3. The minimum absolute atomic E-state index is 0.0650. The molecule has 6 heteroatoms. The predicted molar refractivity (Wildman–Crippen MR) is 247 cm³/mol. The fourth-order valence-corrected chi connectivity index (χ4v) is 7.81. The summed E-state index contributed by atoms with van der Waals surface area (Å²) in [6.07, 6.45) is 45.4. The summed E-state index contributed by atoms with van der Waals surface area (Å²) in [7, 11) is 0. The summed E-state index contributed by atoms with van der Waals surface area (Å²) in [5.41, 5.74) is 0. The molecule has 344 valence electrons.